The largest absolute Gasteiger partial charge is 0.466 e. The fourth-order valence-corrected chi connectivity index (χ4v) is 3.22. The third-order valence-corrected chi connectivity index (χ3v) is 4.04. The lowest BCUT2D eigenvalue weighted by Crippen LogP contribution is -2.16. The van der Waals surface area contributed by atoms with Gasteiger partial charge in [-0.2, -0.15) is 0 Å². The van der Waals surface area contributed by atoms with Gasteiger partial charge in [0.2, 0.25) is 0 Å². The van der Waals surface area contributed by atoms with Gasteiger partial charge in [0.05, 0.1) is 6.04 Å². The van der Waals surface area contributed by atoms with Crippen molar-refractivity contribution in [1.82, 2.24) is 0 Å². The minimum atomic E-state index is 0.106. The third kappa shape index (κ3) is 3.04. The van der Waals surface area contributed by atoms with Crippen molar-refractivity contribution in [3.8, 4) is 0 Å². The van der Waals surface area contributed by atoms with Crippen LogP contribution in [-0.4, -0.2) is 4.99 Å². The monoisotopic (exact) mass is 352 g/mol. The highest BCUT2D eigenvalue weighted by molar-refractivity contribution is 9.10. The molecule has 1 aromatic heterocycles. The van der Waals surface area contributed by atoms with E-state index >= 15 is 0 Å². The Balaban J connectivity index is 2.33. The molecule has 5 heteroatoms. The van der Waals surface area contributed by atoms with Crippen LogP contribution in [0.5, 0.6) is 0 Å². The Hall–Kier alpha value is -1.33. The van der Waals surface area contributed by atoms with Crippen LogP contribution in [0.1, 0.15) is 35.6 Å². The summed E-state index contributed by atoms with van der Waals surface area (Å²) in [5.41, 5.74) is 8.68. The van der Waals surface area contributed by atoms with Gasteiger partial charge in [-0.05, 0) is 54.9 Å². The Morgan fingerprint density at radius 2 is 2.10 bits per heavy atom. The SMILES string of the molecule is Cc1cc(C(C)Nc2cccc(Br)c2C(N)=S)c(C)o1. The fraction of sp³-hybridized carbons (Fsp3) is 0.267. The maximum atomic E-state index is 5.81. The van der Waals surface area contributed by atoms with E-state index in [2.05, 4.69) is 28.2 Å². The van der Waals surface area contributed by atoms with Gasteiger partial charge in [-0.15, -0.1) is 0 Å². The zero-order valence-electron chi connectivity index (χ0n) is 11.7. The maximum absolute atomic E-state index is 5.81. The first-order valence-electron chi connectivity index (χ1n) is 6.32. The predicted molar refractivity (Wildman–Crippen MR) is 90.2 cm³/mol. The molecule has 0 saturated heterocycles. The van der Waals surface area contributed by atoms with Gasteiger partial charge in [0.1, 0.15) is 16.5 Å². The van der Waals surface area contributed by atoms with Gasteiger partial charge < -0.3 is 15.5 Å². The van der Waals surface area contributed by atoms with Crippen molar-refractivity contribution in [3.05, 3.63) is 51.4 Å². The van der Waals surface area contributed by atoms with Crippen molar-refractivity contribution in [3.63, 3.8) is 0 Å². The molecule has 2 rings (SSSR count). The molecule has 106 valence electrons. The lowest BCUT2D eigenvalue weighted by molar-refractivity contribution is 0.500. The first-order chi connectivity index (χ1) is 9.40. The van der Waals surface area contributed by atoms with Crippen molar-refractivity contribution in [2.24, 2.45) is 5.73 Å². The first kappa shape index (κ1) is 15.1. The highest BCUT2D eigenvalue weighted by Crippen LogP contribution is 2.29. The van der Waals surface area contributed by atoms with Crippen LogP contribution in [0.25, 0.3) is 0 Å². The van der Waals surface area contributed by atoms with Crippen LogP contribution in [0.2, 0.25) is 0 Å². The summed E-state index contributed by atoms with van der Waals surface area (Å²) in [6, 6.07) is 8.00. The number of aryl methyl sites for hydroxylation is 2. The molecule has 0 bridgehead atoms. The van der Waals surface area contributed by atoms with E-state index < -0.39 is 0 Å². The summed E-state index contributed by atoms with van der Waals surface area (Å²) in [5.74, 6) is 1.84. The third-order valence-electron chi connectivity index (χ3n) is 3.18. The second kappa shape index (κ2) is 5.97. The average Bonchev–Trinajstić information content (AvgIpc) is 2.68. The molecular formula is C15H17BrN2OS. The van der Waals surface area contributed by atoms with Gasteiger partial charge in [0.25, 0.3) is 0 Å². The van der Waals surface area contributed by atoms with Gasteiger partial charge in [0.15, 0.2) is 0 Å². The van der Waals surface area contributed by atoms with Gasteiger partial charge in [0, 0.05) is 21.3 Å². The van der Waals surface area contributed by atoms with Crippen LogP contribution in [0.3, 0.4) is 0 Å². The number of anilines is 1. The Morgan fingerprint density at radius 3 is 2.65 bits per heavy atom. The minimum Gasteiger partial charge on any atom is -0.466 e. The molecule has 0 spiro atoms. The quantitative estimate of drug-likeness (QED) is 0.797. The molecule has 0 amide bonds. The van der Waals surface area contributed by atoms with Crippen LogP contribution >= 0.6 is 28.1 Å². The molecule has 1 heterocycles. The summed E-state index contributed by atoms with van der Waals surface area (Å²) in [6.07, 6.45) is 0. The van der Waals surface area contributed by atoms with E-state index in [1.807, 2.05) is 38.1 Å². The van der Waals surface area contributed by atoms with Crippen molar-refractivity contribution in [2.45, 2.75) is 26.8 Å². The zero-order valence-corrected chi connectivity index (χ0v) is 14.1. The molecule has 0 aliphatic rings. The molecule has 0 aliphatic heterocycles. The second-order valence-electron chi connectivity index (χ2n) is 4.76. The van der Waals surface area contributed by atoms with Crippen molar-refractivity contribution in [2.75, 3.05) is 5.32 Å². The molecule has 0 fully saturated rings. The topological polar surface area (TPSA) is 51.2 Å². The molecule has 2 aromatic rings. The molecule has 0 radical (unpaired) electrons. The van der Waals surface area contributed by atoms with Crippen molar-refractivity contribution >= 4 is 38.8 Å². The van der Waals surface area contributed by atoms with E-state index in [9.17, 15) is 0 Å². The summed E-state index contributed by atoms with van der Waals surface area (Å²) < 4.78 is 6.47. The number of nitrogens with two attached hydrogens (primary N) is 1. The molecule has 1 unspecified atom stereocenters. The molecule has 1 atom stereocenters. The van der Waals surface area contributed by atoms with Crippen LogP contribution in [-0.2, 0) is 0 Å². The number of benzene rings is 1. The fourth-order valence-electron chi connectivity index (χ4n) is 2.29. The average molecular weight is 353 g/mol. The first-order valence-corrected chi connectivity index (χ1v) is 7.52. The zero-order chi connectivity index (χ0) is 14.9. The molecular weight excluding hydrogens is 336 g/mol. The molecule has 1 aromatic carbocycles. The lowest BCUT2D eigenvalue weighted by atomic mass is 10.1. The predicted octanol–water partition coefficient (Wildman–Crippen LogP) is 4.47. The standard InChI is InChI=1S/C15H17BrN2OS/c1-8-7-11(10(3)19-8)9(2)18-13-6-4-5-12(16)14(13)15(17)20/h4-7,9,18H,1-3H3,(H2,17,20). The number of halogens is 1. The Kier molecular flexibility index (Phi) is 4.50. The Morgan fingerprint density at radius 1 is 1.40 bits per heavy atom. The van der Waals surface area contributed by atoms with Gasteiger partial charge in [-0.3, -0.25) is 0 Å². The summed E-state index contributed by atoms with van der Waals surface area (Å²) in [5, 5.41) is 3.45. The van der Waals surface area contributed by atoms with Crippen molar-refractivity contribution < 1.29 is 4.42 Å². The number of thiocarbonyl (C=S) groups is 1. The smallest absolute Gasteiger partial charge is 0.107 e. The molecule has 20 heavy (non-hydrogen) atoms. The summed E-state index contributed by atoms with van der Waals surface area (Å²) >= 11 is 8.61. The minimum absolute atomic E-state index is 0.106. The Bertz CT molecular complexity index is 651. The molecule has 0 aliphatic carbocycles. The van der Waals surface area contributed by atoms with Gasteiger partial charge >= 0.3 is 0 Å². The highest BCUT2D eigenvalue weighted by Gasteiger charge is 2.16. The number of hydrogen-bond donors (Lipinski definition) is 2. The van der Waals surface area contributed by atoms with Crippen LogP contribution in [0.15, 0.2) is 33.2 Å². The van der Waals surface area contributed by atoms with E-state index in [1.54, 1.807) is 0 Å². The van der Waals surface area contributed by atoms with Crippen LogP contribution < -0.4 is 11.1 Å². The van der Waals surface area contributed by atoms with Crippen LogP contribution in [0, 0.1) is 13.8 Å². The maximum Gasteiger partial charge on any atom is 0.107 e. The van der Waals surface area contributed by atoms with E-state index in [1.165, 1.54) is 0 Å². The summed E-state index contributed by atoms with van der Waals surface area (Å²) in [4.78, 5) is 0.368. The van der Waals surface area contributed by atoms with E-state index in [0.717, 1.165) is 32.8 Å². The number of nitrogens with one attached hydrogen (secondary N) is 1. The lowest BCUT2D eigenvalue weighted by Gasteiger charge is -2.18. The van der Waals surface area contributed by atoms with Crippen molar-refractivity contribution in [1.29, 1.82) is 0 Å². The van der Waals surface area contributed by atoms with Crippen LogP contribution in [0.4, 0.5) is 5.69 Å². The summed E-state index contributed by atoms with van der Waals surface area (Å²) in [7, 11) is 0. The molecule has 3 N–H and O–H groups in total. The van der Waals surface area contributed by atoms with E-state index in [-0.39, 0.29) is 6.04 Å². The number of furan rings is 1. The van der Waals surface area contributed by atoms with Gasteiger partial charge in [-0.25, -0.2) is 0 Å². The summed E-state index contributed by atoms with van der Waals surface area (Å²) in [6.45, 7) is 6.00. The van der Waals surface area contributed by atoms with Gasteiger partial charge in [-0.1, -0.05) is 18.3 Å². The normalized spacial score (nSPS) is 12.2. The van der Waals surface area contributed by atoms with E-state index in [4.69, 9.17) is 22.4 Å². The molecule has 0 saturated carbocycles. The highest BCUT2D eigenvalue weighted by atomic mass is 79.9. The number of hydrogen-bond acceptors (Lipinski definition) is 3. The Labute approximate surface area is 132 Å². The second-order valence-corrected chi connectivity index (χ2v) is 6.06. The molecule has 3 nitrogen and oxygen atoms in total. The van der Waals surface area contributed by atoms with E-state index in [0.29, 0.717) is 4.99 Å². The number of rotatable bonds is 4.